The van der Waals surface area contributed by atoms with Gasteiger partial charge in [-0.3, -0.25) is 4.79 Å². The van der Waals surface area contributed by atoms with Crippen LogP contribution in [0.1, 0.15) is 5.69 Å². The third kappa shape index (κ3) is 6.40. The number of carbonyl (C=O) groups is 1. The van der Waals surface area contributed by atoms with Crippen LogP contribution in [0, 0.1) is 0 Å². The zero-order valence-corrected chi connectivity index (χ0v) is 10.1. The summed E-state index contributed by atoms with van der Waals surface area (Å²) < 4.78 is 39.4. The average Bonchev–Trinajstić information content (AvgIpc) is 2.61. The fourth-order valence-electron chi connectivity index (χ4n) is 1.08. The van der Waals surface area contributed by atoms with E-state index in [1.54, 1.807) is 5.38 Å². The van der Waals surface area contributed by atoms with Crippen LogP contribution in [0.15, 0.2) is 5.38 Å². The Morgan fingerprint density at radius 3 is 2.83 bits per heavy atom. The summed E-state index contributed by atoms with van der Waals surface area (Å²) in [6, 6.07) is 0. The number of alkyl halides is 3. The average molecular weight is 283 g/mol. The number of ether oxygens (including phenoxy) is 1. The lowest BCUT2D eigenvalue weighted by atomic mass is 10.3. The van der Waals surface area contributed by atoms with Crippen molar-refractivity contribution in [1.82, 2.24) is 10.3 Å². The molecule has 102 valence electrons. The first-order chi connectivity index (χ1) is 8.37. The van der Waals surface area contributed by atoms with Crippen LogP contribution in [0.5, 0.6) is 0 Å². The SMILES string of the molecule is Nc1nc(CC(=O)NCCOCC(F)(F)F)cs1. The molecule has 0 fully saturated rings. The van der Waals surface area contributed by atoms with Crippen molar-refractivity contribution >= 4 is 22.4 Å². The van der Waals surface area contributed by atoms with Gasteiger partial charge in [0.25, 0.3) is 0 Å². The van der Waals surface area contributed by atoms with E-state index in [4.69, 9.17) is 5.73 Å². The molecule has 5 nitrogen and oxygen atoms in total. The number of nitrogens with zero attached hydrogens (tertiary/aromatic N) is 1. The highest BCUT2D eigenvalue weighted by Crippen LogP contribution is 2.14. The summed E-state index contributed by atoms with van der Waals surface area (Å²) in [4.78, 5) is 15.2. The molecule has 3 N–H and O–H groups in total. The number of nitrogens with one attached hydrogen (secondary N) is 1. The van der Waals surface area contributed by atoms with Gasteiger partial charge in [0, 0.05) is 11.9 Å². The number of nitrogens with two attached hydrogens (primary N) is 1. The quantitative estimate of drug-likeness (QED) is 0.762. The molecule has 0 atom stereocenters. The van der Waals surface area contributed by atoms with Crippen LogP contribution in [0.4, 0.5) is 18.3 Å². The lowest BCUT2D eigenvalue weighted by molar-refractivity contribution is -0.173. The topological polar surface area (TPSA) is 77.2 Å². The molecule has 0 unspecified atom stereocenters. The Morgan fingerprint density at radius 1 is 1.56 bits per heavy atom. The maximum atomic E-state index is 11.7. The highest BCUT2D eigenvalue weighted by molar-refractivity contribution is 7.13. The minimum absolute atomic E-state index is 0.0224. The van der Waals surface area contributed by atoms with Gasteiger partial charge in [0.2, 0.25) is 5.91 Å². The number of amides is 1. The second kappa shape index (κ2) is 6.55. The van der Waals surface area contributed by atoms with E-state index in [0.717, 1.165) is 0 Å². The highest BCUT2D eigenvalue weighted by atomic mass is 32.1. The van der Waals surface area contributed by atoms with Gasteiger partial charge in [-0.05, 0) is 0 Å². The number of thiazole rings is 1. The Morgan fingerprint density at radius 2 is 2.28 bits per heavy atom. The van der Waals surface area contributed by atoms with Crippen LogP contribution in [-0.4, -0.2) is 36.8 Å². The van der Waals surface area contributed by atoms with Crippen LogP contribution in [-0.2, 0) is 16.0 Å². The Labute approximate surface area is 105 Å². The van der Waals surface area contributed by atoms with Gasteiger partial charge in [-0.25, -0.2) is 4.98 Å². The smallest absolute Gasteiger partial charge is 0.375 e. The lowest BCUT2D eigenvalue weighted by Crippen LogP contribution is -2.30. The first kappa shape index (κ1) is 14.7. The van der Waals surface area contributed by atoms with E-state index in [-0.39, 0.29) is 25.5 Å². The molecule has 18 heavy (non-hydrogen) atoms. The Balaban J connectivity index is 2.11. The molecule has 0 saturated heterocycles. The maximum Gasteiger partial charge on any atom is 0.411 e. The van der Waals surface area contributed by atoms with Gasteiger partial charge in [-0.15, -0.1) is 11.3 Å². The Hall–Kier alpha value is -1.35. The highest BCUT2D eigenvalue weighted by Gasteiger charge is 2.27. The van der Waals surface area contributed by atoms with Crippen molar-refractivity contribution in [1.29, 1.82) is 0 Å². The molecule has 1 aromatic heterocycles. The van der Waals surface area contributed by atoms with E-state index in [1.807, 2.05) is 0 Å². The molecule has 0 aliphatic heterocycles. The van der Waals surface area contributed by atoms with E-state index < -0.39 is 12.8 Å². The van der Waals surface area contributed by atoms with Crippen molar-refractivity contribution in [3.63, 3.8) is 0 Å². The molecule has 1 aromatic rings. The number of anilines is 1. The summed E-state index contributed by atoms with van der Waals surface area (Å²) in [6.07, 6.45) is -4.30. The fourth-order valence-corrected chi connectivity index (χ4v) is 1.64. The minimum atomic E-state index is -4.35. The van der Waals surface area contributed by atoms with Crippen molar-refractivity contribution in [2.24, 2.45) is 0 Å². The summed E-state index contributed by atoms with van der Waals surface area (Å²) >= 11 is 1.22. The summed E-state index contributed by atoms with van der Waals surface area (Å²) in [6.45, 7) is -1.48. The zero-order valence-electron chi connectivity index (χ0n) is 9.29. The van der Waals surface area contributed by atoms with E-state index in [2.05, 4.69) is 15.0 Å². The summed E-state index contributed by atoms with van der Waals surface area (Å²) in [5.41, 5.74) is 5.92. The number of hydrogen-bond donors (Lipinski definition) is 2. The predicted molar refractivity (Wildman–Crippen MR) is 60.1 cm³/mol. The predicted octanol–water partition coefficient (Wildman–Crippen LogP) is 0.963. The van der Waals surface area contributed by atoms with Gasteiger partial charge < -0.3 is 15.8 Å². The summed E-state index contributed by atoms with van der Waals surface area (Å²) in [5.74, 6) is -0.337. The van der Waals surface area contributed by atoms with E-state index in [1.165, 1.54) is 11.3 Å². The van der Waals surface area contributed by atoms with Crippen LogP contribution in [0.3, 0.4) is 0 Å². The number of hydrogen-bond acceptors (Lipinski definition) is 5. The standard InChI is InChI=1S/C9H12F3N3O2S/c10-9(11,12)5-17-2-1-14-7(16)3-6-4-18-8(13)15-6/h4H,1-3,5H2,(H2,13,15)(H,14,16). The molecule has 0 aromatic carbocycles. The lowest BCUT2D eigenvalue weighted by Gasteiger charge is -2.08. The minimum Gasteiger partial charge on any atom is -0.375 e. The second-order valence-electron chi connectivity index (χ2n) is 3.37. The molecule has 0 bridgehead atoms. The van der Waals surface area contributed by atoms with Crippen molar-refractivity contribution in [2.45, 2.75) is 12.6 Å². The van der Waals surface area contributed by atoms with Gasteiger partial charge in [0.15, 0.2) is 5.13 Å². The number of halogens is 3. The second-order valence-corrected chi connectivity index (χ2v) is 4.26. The van der Waals surface area contributed by atoms with Crippen LogP contribution in [0.25, 0.3) is 0 Å². The molecule has 0 aliphatic carbocycles. The summed E-state index contributed by atoms with van der Waals surface area (Å²) in [7, 11) is 0. The van der Waals surface area contributed by atoms with E-state index in [9.17, 15) is 18.0 Å². The monoisotopic (exact) mass is 283 g/mol. The van der Waals surface area contributed by atoms with Crippen LogP contribution < -0.4 is 11.1 Å². The molecular formula is C9H12F3N3O2S. The van der Waals surface area contributed by atoms with E-state index >= 15 is 0 Å². The van der Waals surface area contributed by atoms with Gasteiger partial charge in [-0.2, -0.15) is 13.2 Å². The van der Waals surface area contributed by atoms with Gasteiger partial charge in [-0.1, -0.05) is 0 Å². The van der Waals surface area contributed by atoms with Gasteiger partial charge in [0.05, 0.1) is 18.7 Å². The molecule has 1 rings (SSSR count). The number of rotatable bonds is 6. The molecule has 9 heteroatoms. The maximum absolute atomic E-state index is 11.7. The third-order valence-electron chi connectivity index (χ3n) is 1.75. The first-order valence-corrected chi connectivity index (χ1v) is 5.86. The van der Waals surface area contributed by atoms with Crippen molar-refractivity contribution in [3.05, 3.63) is 11.1 Å². The molecule has 0 saturated carbocycles. The van der Waals surface area contributed by atoms with Crippen LogP contribution in [0.2, 0.25) is 0 Å². The normalized spacial score (nSPS) is 11.5. The van der Waals surface area contributed by atoms with Gasteiger partial charge >= 0.3 is 6.18 Å². The van der Waals surface area contributed by atoms with Gasteiger partial charge in [0.1, 0.15) is 6.61 Å². The largest absolute Gasteiger partial charge is 0.411 e. The number of aromatic nitrogens is 1. The van der Waals surface area contributed by atoms with Crippen molar-refractivity contribution < 1.29 is 22.7 Å². The molecule has 0 spiro atoms. The molecular weight excluding hydrogens is 271 g/mol. The van der Waals surface area contributed by atoms with Crippen molar-refractivity contribution in [2.75, 3.05) is 25.5 Å². The Kier molecular flexibility index (Phi) is 5.35. The Bertz CT molecular complexity index is 395. The molecule has 1 amide bonds. The molecule has 1 heterocycles. The first-order valence-electron chi connectivity index (χ1n) is 4.98. The fraction of sp³-hybridized carbons (Fsp3) is 0.556. The third-order valence-corrected chi connectivity index (χ3v) is 2.47. The van der Waals surface area contributed by atoms with Crippen molar-refractivity contribution in [3.8, 4) is 0 Å². The number of nitrogen functional groups attached to an aromatic ring is 1. The van der Waals surface area contributed by atoms with Crippen LogP contribution >= 0.6 is 11.3 Å². The van der Waals surface area contributed by atoms with E-state index in [0.29, 0.717) is 10.8 Å². The zero-order chi connectivity index (χ0) is 13.6. The number of carbonyl (C=O) groups excluding carboxylic acids is 1. The molecule has 0 aliphatic rings. The molecule has 0 radical (unpaired) electrons. The summed E-state index contributed by atoms with van der Waals surface area (Å²) in [5, 5.41) is 4.43.